The van der Waals surface area contributed by atoms with Gasteiger partial charge >= 0.3 is 0 Å². The van der Waals surface area contributed by atoms with Crippen molar-refractivity contribution in [3.05, 3.63) is 59.7 Å². The lowest BCUT2D eigenvalue weighted by molar-refractivity contribution is -0.136. The quantitative estimate of drug-likeness (QED) is 0.823. The second-order valence-corrected chi connectivity index (χ2v) is 5.61. The van der Waals surface area contributed by atoms with Crippen LogP contribution >= 0.6 is 0 Å². The smallest absolute Gasteiger partial charge is 0.260 e. The van der Waals surface area contributed by atoms with E-state index >= 15 is 0 Å². The third kappa shape index (κ3) is 5.02. The van der Waals surface area contributed by atoms with Crippen molar-refractivity contribution in [2.24, 2.45) is 0 Å². The number of likely N-dealkylation sites (N-methyl/N-ethyl adjacent to an activating group) is 1. The van der Waals surface area contributed by atoms with Gasteiger partial charge in [-0.15, -0.1) is 0 Å². The summed E-state index contributed by atoms with van der Waals surface area (Å²) in [4.78, 5) is 25.5. The number of hydrogen-bond donors (Lipinski definition) is 1. The van der Waals surface area contributed by atoms with E-state index in [-0.39, 0.29) is 19.7 Å². The molecule has 2 rings (SSSR count). The molecule has 0 radical (unpaired) electrons. The van der Waals surface area contributed by atoms with Gasteiger partial charge in [0.2, 0.25) is 5.91 Å². The molecule has 2 amide bonds. The predicted octanol–water partition coefficient (Wildman–Crippen LogP) is 3.14. The average molecular weight is 362 g/mol. The van der Waals surface area contributed by atoms with Crippen molar-refractivity contribution in [2.75, 3.05) is 25.0 Å². The Labute approximate surface area is 150 Å². The second-order valence-electron chi connectivity index (χ2n) is 5.61. The lowest BCUT2D eigenvalue weighted by atomic mass is 10.2. The highest BCUT2D eigenvalue weighted by Crippen LogP contribution is 2.18. The fourth-order valence-corrected chi connectivity index (χ4v) is 2.30. The molecule has 0 aliphatic heterocycles. The number of nitrogens with zero attached hydrogens (tertiary/aromatic N) is 1. The topological polar surface area (TPSA) is 58.6 Å². The summed E-state index contributed by atoms with van der Waals surface area (Å²) in [6.45, 7) is 3.24. The van der Waals surface area contributed by atoms with Crippen molar-refractivity contribution in [3.8, 4) is 5.75 Å². The molecule has 138 valence electrons. The molecule has 2 aromatic carbocycles. The van der Waals surface area contributed by atoms with Crippen LogP contribution in [0.3, 0.4) is 0 Å². The van der Waals surface area contributed by atoms with Gasteiger partial charge in [-0.3, -0.25) is 9.59 Å². The predicted molar refractivity (Wildman–Crippen MR) is 93.9 cm³/mol. The van der Waals surface area contributed by atoms with E-state index in [2.05, 4.69) is 5.32 Å². The van der Waals surface area contributed by atoms with Gasteiger partial charge in [-0.1, -0.05) is 24.3 Å². The van der Waals surface area contributed by atoms with Crippen LogP contribution in [0, 0.1) is 18.6 Å². The molecule has 0 aliphatic rings. The van der Waals surface area contributed by atoms with Crippen molar-refractivity contribution < 1.29 is 23.1 Å². The van der Waals surface area contributed by atoms with Gasteiger partial charge in [-0.2, -0.15) is 0 Å². The van der Waals surface area contributed by atoms with Gasteiger partial charge in [0.15, 0.2) is 6.61 Å². The molecule has 0 saturated heterocycles. The van der Waals surface area contributed by atoms with E-state index < -0.39 is 29.1 Å². The Morgan fingerprint density at radius 3 is 2.35 bits per heavy atom. The van der Waals surface area contributed by atoms with E-state index in [1.165, 1.54) is 11.0 Å². The Morgan fingerprint density at radius 2 is 1.73 bits per heavy atom. The molecule has 5 nitrogen and oxygen atoms in total. The number of ether oxygens (including phenoxy) is 1. The summed E-state index contributed by atoms with van der Waals surface area (Å²) in [5.41, 5.74) is 0.355. The summed E-state index contributed by atoms with van der Waals surface area (Å²) in [5.74, 6) is -2.28. The normalized spacial score (nSPS) is 10.3. The monoisotopic (exact) mass is 362 g/mol. The van der Waals surface area contributed by atoms with Gasteiger partial charge in [0.05, 0.1) is 6.54 Å². The van der Waals surface area contributed by atoms with Crippen LogP contribution in [-0.2, 0) is 9.59 Å². The summed E-state index contributed by atoms with van der Waals surface area (Å²) in [5, 5.41) is 2.16. The summed E-state index contributed by atoms with van der Waals surface area (Å²) in [6.07, 6.45) is 0. The van der Waals surface area contributed by atoms with Crippen molar-refractivity contribution in [1.29, 1.82) is 0 Å². The zero-order chi connectivity index (χ0) is 19.1. The highest BCUT2D eigenvalue weighted by Gasteiger charge is 2.18. The molecule has 0 fully saturated rings. The third-order valence-corrected chi connectivity index (χ3v) is 3.74. The standard InChI is InChI=1S/C19H20F2N2O3/c1-3-23(18(25)12-26-16-10-5-4-7-13(16)2)11-17(24)22-19-14(20)8-6-9-15(19)21/h4-10H,3,11-12H2,1-2H3,(H,22,24). The SMILES string of the molecule is CCN(CC(=O)Nc1c(F)cccc1F)C(=O)COc1ccccc1C. The van der Waals surface area contributed by atoms with Gasteiger partial charge in [0.25, 0.3) is 5.91 Å². The second kappa shape index (κ2) is 8.94. The summed E-state index contributed by atoms with van der Waals surface area (Å²) >= 11 is 0. The van der Waals surface area contributed by atoms with Crippen LogP contribution in [0.1, 0.15) is 12.5 Å². The van der Waals surface area contributed by atoms with Gasteiger partial charge < -0.3 is 15.0 Å². The number of anilines is 1. The highest BCUT2D eigenvalue weighted by molar-refractivity contribution is 5.94. The summed E-state index contributed by atoms with van der Waals surface area (Å²) in [7, 11) is 0. The maximum absolute atomic E-state index is 13.6. The minimum Gasteiger partial charge on any atom is -0.484 e. The van der Waals surface area contributed by atoms with Gasteiger partial charge in [0.1, 0.15) is 23.1 Å². The fraction of sp³-hybridized carbons (Fsp3) is 0.263. The number of aryl methyl sites for hydroxylation is 1. The number of benzene rings is 2. The van der Waals surface area contributed by atoms with E-state index in [0.717, 1.165) is 17.7 Å². The minimum atomic E-state index is -0.879. The zero-order valence-corrected chi connectivity index (χ0v) is 14.6. The maximum atomic E-state index is 13.6. The van der Waals surface area contributed by atoms with E-state index in [1.54, 1.807) is 19.1 Å². The lowest BCUT2D eigenvalue weighted by Crippen LogP contribution is -2.40. The molecule has 7 heteroatoms. The number of nitrogens with one attached hydrogen (secondary N) is 1. The van der Waals surface area contributed by atoms with Crippen LogP contribution in [0.15, 0.2) is 42.5 Å². The molecule has 0 bridgehead atoms. The Hall–Kier alpha value is -2.96. The van der Waals surface area contributed by atoms with E-state index in [1.807, 2.05) is 19.1 Å². The Kier molecular flexibility index (Phi) is 6.66. The van der Waals surface area contributed by atoms with Crippen molar-refractivity contribution >= 4 is 17.5 Å². The summed E-state index contributed by atoms with van der Waals surface area (Å²) < 4.78 is 32.6. The molecule has 0 heterocycles. The molecule has 0 unspecified atom stereocenters. The van der Waals surface area contributed by atoms with Crippen molar-refractivity contribution in [2.45, 2.75) is 13.8 Å². The van der Waals surface area contributed by atoms with Crippen LogP contribution in [0.2, 0.25) is 0 Å². The van der Waals surface area contributed by atoms with Crippen LogP contribution in [0.25, 0.3) is 0 Å². The summed E-state index contributed by atoms with van der Waals surface area (Å²) in [6, 6.07) is 10.5. The molecule has 0 saturated carbocycles. The molecule has 0 aromatic heterocycles. The number of carbonyl (C=O) groups is 2. The van der Waals surface area contributed by atoms with Crippen LogP contribution in [0.4, 0.5) is 14.5 Å². The van der Waals surface area contributed by atoms with E-state index in [4.69, 9.17) is 4.74 Å². The van der Waals surface area contributed by atoms with Gasteiger partial charge in [-0.25, -0.2) is 8.78 Å². The number of para-hydroxylation sites is 2. The lowest BCUT2D eigenvalue weighted by Gasteiger charge is -2.21. The van der Waals surface area contributed by atoms with Crippen LogP contribution in [0.5, 0.6) is 5.75 Å². The van der Waals surface area contributed by atoms with Gasteiger partial charge in [0, 0.05) is 6.54 Å². The first-order valence-electron chi connectivity index (χ1n) is 8.12. The van der Waals surface area contributed by atoms with Gasteiger partial charge in [-0.05, 0) is 37.6 Å². The molecule has 2 aromatic rings. The number of rotatable bonds is 7. The first-order valence-corrected chi connectivity index (χ1v) is 8.12. The Bertz CT molecular complexity index is 776. The van der Waals surface area contributed by atoms with Crippen LogP contribution in [-0.4, -0.2) is 36.4 Å². The van der Waals surface area contributed by atoms with Crippen LogP contribution < -0.4 is 10.1 Å². The first-order chi connectivity index (χ1) is 12.4. The van der Waals surface area contributed by atoms with E-state index in [9.17, 15) is 18.4 Å². The number of carbonyl (C=O) groups excluding carboxylic acids is 2. The zero-order valence-electron chi connectivity index (χ0n) is 14.6. The highest BCUT2D eigenvalue weighted by atomic mass is 19.1. The molecule has 0 aliphatic carbocycles. The number of halogens is 2. The maximum Gasteiger partial charge on any atom is 0.260 e. The fourth-order valence-electron chi connectivity index (χ4n) is 2.30. The first kappa shape index (κ1) is 19.4. The average Bonchev–Trinajstić information content (AvgIpc) is 2.62. The van der Waals surface area contributed by atoms with Crippen molar-refractivity contribution in [3.63, 3.8) is 0 Å². The molecule has 0 spiro atoms. The molecular formula is C19H20F2N2O3. The van der Waals surface area contributed by atoms with Crippen molar-refractivity contribution in [1.82, 2.24) is 4.90 Å². The van der Waals surface area contributed by atoms with E-state index in [0.29, 0.717) is 5.75 Å². The Balaban J connectivity index is 1.94. The minimum absolute atomic E-state index is 0.236. The Morgan fingerprint density at radius 1 is 1.08 bits per heavy atom. The number of amides is 2. The molecule has 26 heavy (non-hydrogen) atoms. The molecule has 0 atom stereocenters. The number of hydrogen-bond acceptors (Lipinski definition) is 3. The third-order valence-electron chi connectivity index (χ3n) is 3.74. The largest absolute Gasteiger partial charge is 0.484 e. The molecule has 1 N–H and O–H groups in total. The molecular weight excluding hydrogens is 342 g/mol.